The van der Waals surface area contributed by atoms with Crippen molar-refractivity contribution in [3.05, 3.63) is 182 Å². The number of hydrogen-bond donors (Lipinski definition) is 1. The number of nitrogens with zero attached hydrogens (tertiary/aromatic N) is 3. The van der Waals surface area contributed by atoms with Crippen LogP contribution in [0.15, 0.2) is 180 Å². The highest BCUT2D eigenvalue weighted by atomic mass is 16.3. The molecule has 0 atom stereocenters. The van der Waals surface area contributed by atoms with E-state index in [0.29, 0.717) is 17.0 Å². The molecule has 0 aliphatic heterocycles. The van der Waals surface area contributed by atoms with Gasteiger partial charge in [-0.25, -0.2) is 4.98 Å². The molecule has 0 fully saturated rings. The lowest BCUT2D eigenvalue weighted by Crippen LogP contribution is -2.11. The lowest BCUT2D eigenvalue weighted by atomic mass is 9.83. The van der Waals surface area contributed by atoms with Gasteiger partial charge < -0.3 is 9.52 Å². The van der Waals surface area contributed by atoms with E-state index in [2.05, 4.69) is 153 Å². The molecule has 0 aliphatic carbocycles. The summed E-state index contributed by atoms with van der Waals surface area (Å²) in [6.45, 7) is 6.73. The first-order chi connectivity index (χ1) is 27.8. The number of pyridine rings is 1. The van der Waals surface area contributed by atoms with Crippen molar-refractivity contribution in [3.63, 3.8) is 0 Å². The Morgan fingerprint density at radius 1 is 0.561 bits per heavy atom. The summed E-state index contributed by atoms with van der Waals surface area (Å²) in [6, 6.07) is 58.3. The molecular weight excluding hydrogens is 699 g/mol. The van der Waals surface area contributed by atoms with Crippen LogP contribution in [0.1, 0.15) is 26.3 Å². The van der Waals surface area contributed by atoms with Crippen molar-refractivity contribution in [2.45, 2.75) is 26.2 Å². The lowest BCUT2D eigenvalue weighted by molar-refractivity contribution is 0.476. The maximum absolute atomic E-state index is 11.8. The number of hydrogen-bond acceptors (Lipinski definition) is 4. The van der Waals surface area contributed by atoms with E-state index in [1.54, 1.807) is 6.07 Å². The quantitative estimate of drug-likeness (QED) is 0.185. The summed E-state index contributed by atoms with van der Waals surface area (Å²) >= 11 is 0. The molecule has 1 N–H and O–H groups in total. The number of furan rings is 1. The number of aromatic nitrogens is 3. The largest absolute Gasteiger partial charge is 0.507 e. The summed E-state index contributed by atoms with van der Waals surface area (Å²) in [5.41, 5.74) is 13.9. The van der Waals surface area contributed by atoms with Gasteiger partial charge >= 0.3 is 0 Å². The van der Waals surface area contributed by atoms with Crippen LogP contribution in [0.5, 0.6) is 5.75 Å². The summed E-state index contributed by atoms with van der Waals surface area (Å²) in [4.78, 5) is 10.4. The van der Waals surface area contributed by atoms with Crippen LogP contribution < -0.4 is 0 Å². The Labute approximate surface area is 331 Å². The zero-order valence-corrected chi connectivity index (χ0v) is 31.9. The molecule has 0 unspecified atom stereocenters. The van der Waals surface area contributed by atoms with Crippen LogP contribution in [-0.2, 0) is 5.41 Å². The molecule has 274 valence electrons. The average Bonchev–Trinajstić information content (AvgIpc) is 3.82. The van der Waals surface area contributed by atoms with E-state index in [1.807, 2.05) is 42.6 Å². The minimum Gasteiger partial charge on any atom is -0.507 e. The fourth-order valence-electron chi connectivity index (χ4n) is 8.03. The minimum atomic E-state index is -0.141. The normalized spacial score (nSPS) is 11.8. The number of rotatable bonds is 6. The van der Waals surface area contributed by atoms with Crippen molar-refractivity contribution in [3.8, 4) is 67.5 Å². The third-order valence-corrected chi connectivity index (χ3v) is 10.9. The number of para-hydroxylation sites is 3. The Kier molecular flexibility index (Phi) is 8.12. The first kappa shape index (κ1) is 34.3. The number of fused-ring (bicyclic) bond motifs is 4. The molecule has 0 bridgehead atoms. The van der Waals surface area contributed by atoms with E-state index in [0.717, 1.165) is 77.7 Å². The number of aromatic hydroxyl groups is 1. The fourth-order valence-corrected chi connectivity index (χ4v) is 8.03. The summed E-state index contributed by atoms with van der Waals surface area (Å²) < 4.78 is 8.76. The highest BCUT2D eigenvalue weighted by molar-refractivity contribution is 6.11. The molecule has 3 aromatic heterocycles. The molecule has 10 aromatic rings. The second-order valence-corrected chi connectivity index (χ2v) is 15.6. The van der Waals surface area contributed by atoms with Crippen LogP contribution in [0.4, 0.5) is 0 Å². The fraction of sp³-hybridized carbons (Fsp3) is 0.0769. The maximum Gasteiger partial charge on any atom is 0.153 e. The third-order valence-electron chi connectivity index (χ3n) is 10.9. The molecule has 0 radical (unpaired) electrons. The summed E-state index contributed by atoms with van der Waals surface area (Å²) in [6.07, 6.45) is 1.89. The zero-order valence-electron chi connectivity index (χ0n) is 31.9. The molecule has 0 saturated heterocycles. The third kappa shape index (κ3) is 5.96. The molecule has 57 heavy (non-hydrogen) atoms. The Morgan fingerprint density at radius 3 is 2.07 bits per heavy atom. The van der Waals surface area contributed by atoms with E-state index in [-0.39, 0.29) is 11.2 Å². The van der Waals surface area contributed by atoms with Gasteiger partial charge in [0.1, 0.15) is 22.5 Å². The van der Waals surface area contributed by atoms with Gasteiger partial charge in [-0.05, 0) is 87.8 Å². The molecular formula is C52H39N3O2. The highest BCUT2D eigenvalue weighted by Gasteiger charge is 2.26. The van der Waals surface area contributed by atoms with Crippen LogP contribution in [0.25, 0.3) is 94.7 Å². The van der Waals surface area contributed by atoms with Gasteiger partial charge in [-0.3, -0.25) is 9.55 Å². The van der Waals surface area contributed by atoms with Crippen molar-refractivity contribution >= 4 is 33.0 Å². The molecule has 3 heterocycles. The van der Waals surface area contributed by atoms with Crippen LogP contribution >= 0.6 is 0 Å². The second kappa shape index (κ2) is 13.5. The van der Waals surface area contributed by atoms with Gasteiger partial charge in [-0.1, -0.05) is 136 Å². The number of phenols is 1. The van der Waals surface area contributed by atoms with Crippen LogP contribution in [0, 0.1) is 0 Å². The smallest absolute Gasteiger partial charge is 0.153 e. The van der Waals surface area contributed by atoms with Crippen molar-refractivity contribution in [2.24, 2.45) is 0 Å². The average molecular weight is 738 g/mol. The van der Waals surface area contributed by atoms with Gasteiger partial charge in [0.05, 0.1) is 22.4 Å². The molecule has 0 amide bonds. The SMILES string of the molecule is CC(C)(C)c1cc(-c2cc(-c3ccccc3)ccn2)cc(-c2cccc3c2nc(-c2c(O)ccc4c2oc2ccccc24)n3-c2ccccc2-c2ccccc2)c1. The Bertz CT molecular complexity index is 3120. The van der Waals surface area contributed by atoms with E-state index in [1.165, 1.54) is 5.56 Å². The van der Waals surface area contributed by atoms with Crippen LogP contribution in [0.2, 0.25) is 0 Å². The topological polar surface area (TPSA) is 64.1 Å². The Balaban J connectivity index is 1.26. The van der Waals surface area contributed by atoms with Gasteiger partial charge in [-0.15, -0.1) is 0 Å². The van der Waals surface area contributed by atoms with Gasteiger partial charge in [0.2, 0.25) is 0 Å². The molecule has 10 rings (SSSR count). The van der Waals surface area contributed by atoms with Crippen LogP contribution in [-0.4, -0.2) is 19.6 Å². The first-order valence-electron chi connectivity index (χ1n) is 19.3. The standard InChI is InChI=1S/C52H39N3O2/c1-52(2,3)38-30-36(29-37(31-38)43-32-35(27-28-53-43)33-15-6-4-7-16-33)40-21-14-23-45-49(40)54-51(55(45)44-22-12-10-19-39(44)34-17-8-5-9-18-34)48-46(56)26-25-42-41-20-11-13-24-47(41)57-50(42)48/h4-32,56H,1-3H3. The highest BCUT2D eigenvalue weighted by Crippen LogP contribution is 2.45. The monoisotopic (exact) mass is 737 g/mol. The van der Waals surface area contributed by atoms with Gasteiger partial charge in [0, 0.05) is 33.7 Å². The van der Waals surface area contributed by atoms with Crippen molar-refractivity contribution < 1.29 is 9.52 Å². The maximum atomic E-state index is 11.8. The summed E-state index contributed by atoms with van der Waals surface area (Å²) in [5.74, 6) is 0.686. The molecule has 5 heteroatoms. The van der Waals surface area contributed by atoms with E-state index < -0.39 is 0 Å². The second-order valence-electron chi connectivity index (χ2n) is 15.6. The molecule has 0 spiro atoms. The van der Waals surface area contributed by atoms with Crippen molar-refractivity contribution in [1.82, 2.24) is 14.5 Å². The zero-order chi connectivity index (χ0) is 38.7. The van der Waals surface area contributed by atoms with Crippen LogP contribution in [0.3, 0.4) is 0 Å². The lowest BCUT2D eigenvalue weighted by Gasteiger charge is -2.22. The predicted molar refractivity (Wildman–Crippen MR) is 234 cm³/mol. The number of benzene rings is 7. The van der Waals surface area contributed by atoms with Gasteiger partial charge in [0.15, 0.2) is 5.82 Å². The number of imidazole rings is 1. The van der Waals surface area contributed by atoms with Gasteiger partial charge in [0.25, 0.3) is 0 Å². The van der Waals surface area contributed by atoms with E-state index >= 15 is 0 Å². The first-order valence-corrected chi connectivity index (χ1v) is 19.3. The van der Waals surface area contributed by atoms with Gasteiger partial charge in [-0.2, -0.15) is 0 Å². The minimum absolute atomic E-state index is 0.0956. The van der Waals surface area contributed by atoms with E-state index in [4.69, 9.17) is 14.4 Å². The molecule has 5 nitrogen and oxygen atoms in total. The molecule has 0 aliphatic rings. The number of phenolic OH excluding ortho intramolecular Hbond substituents is 1. The van der Waals surface area contributed by atoms with Crippen molar-refractivity contribution in [1.29, 1.82) is 0 Å². The molecule has 0 saturated carbocycles. The molecule has 7 aromatic carbocycles. The predicted octanol–water partition coefficient (Wildman–Crippen LogP) is 13.7. The Hall–Kier alpha value is -7.24. The van der Waals surface area contributed by atoms with Crippen molar-refractivity contribution in [2.75, 3.05) is 0 Å². The summed E-state index contributed by atoms with van der Waals surface area (Å²) in [7, 11) is 0. The van der Waals surface area contributed by atoms with E-state index in [9.17, 15) is 5.11 Å². The summed E-state index contributed by atoms with van der Waals surface area (Å²) in [5, 5.41) is 13.7. The Morgan fingerprint density at radius 2 is 1.26 bits per heavy atom.